The molecular weight excluding hydrogens is 166 g/mol. The zero-order valence-corrected chi connectivity index (χ0v) is 7.83. The number of oxime groups is 1. The summed E-state index contributed by atoms with van der Waals surface area (Å²) >= 11 is 0. The van der Waals surface area contributed by atoms with Crippen molar-refractivity contribution in [2.45, 2.75) is 26.7 Å². The molecule has 0 fully saturated rings. The number of rotatable bonds is 0. The van der Waals surface area contributed by atoms with Crippen LogP contribution in [0.3, 0.4) is 0 Å². The van der Waals surface area contributed by atoms with Crippen LogP contribution in [0.15, 0.2) is 11.4 Å². The van der Waals surface area contributed by atoms with Gasteiger partial charge in [0.1, 0.15) is 0 Å². The van der Waals surface area contributed by atoms with E-state index in [-0.39, 0.29) is 5.41 Å². The Morgan fingerprint density at radius 3 is 3.00 bits per heavy atom. The monoisotopic (exact) mass is 179 g/mol. The van der Waals surface area contributed by atoms with E-state index in [1.807, 2.05) is 0 Å². The van der Waals surface area contributed by atoms with Crippen molar-refractivity contribution in [3.8, 4) is 0 Å². The van der Waals surface area contributed by atoms with Crippen LogP contribution in [0.1, 0.15) is 31.5 Å². The molecule has 1 aliphatic rings. The van der Waals surface area contributed by atoms with Gasteiger partial charge in [-0.05, 0) is 18.3 Å². The summed E-state index contributed by atoms with van der Waals surface area (Å²) in [5.41, 5.74) is 2.92. The summed E-state index contributed by atoms with van der Waals surface area (Å²) in [5.74, 6) is 0. The van der Waals surface area contributed by atoms with E-state index in [9.17, 15) is 0 Å². The molecular formula is C9H13N3O. The van der Waals surface area contributed by atoms with Gasteiger partial charge in [0.05, 0.1) is 11.9 Å². The lowest BCUT2D eigenvalue weighted by Crippen LogP contribution is -2.26. The van der Waals surface area contributed by atoms with E-state index in [2.05, 4.69) is 29.2 Å². The van der Waals surface area contributed by atoms with Crippen molar-refractivity contribution in [1.82, 2.24) is 10.2 Å². The molecule has 2 rings (SSSR count). The summed E-state index contributed by atoms with van der Waals surface area (Å²) < 4.78 is 0. The second-order valence-corrected chi connectivity index (χ2v) is 4.33. The lowest BCUT2D eigenvalue weighted by Gasteiger charge is -2.28. The molecule has 1 aliphatic carbocycles. The minimum atomic E-state index is 0.154. The van der Waals surface area contributed by atoms with Crippen molar-refractivity contribution in [2.75, 3.05) is 0 Å². The number of fused-ring (bicyclic) bond motifs is 1. The molecule has 13 heavy (non-hydrogen) atoms. The fraction of sp³-hybridized carbons (Fsp3) is 0.556. The Morgan fingerprint density at radius 1 is 1.54 bits per heavy atom. The van der Waals surface area contributed by atoms with Crippen molar-refractivity contribution in [2.24, 2.45) is 10.6 Å². The van der Waals surface area contributed by atoms with Gasteiger partial charge in [0.2, 0.25) is 0 Å². The number of nitrogens with zero attached hydrogens (tertiary/aromatic N) is 2. The summed E-state index contributed by atoms with van der Waals surface area (Å²) in [4.78, 5) is 0. The molecule has 0 bridgehead atoms. The minimum Gasteiger partial charge on any atom is -0.411 e. The van der Waals surface area contributed by atoms with Crippen LogP contribution in [0.4, 0.5) is 0 Å². The number of nitrogens with one attached hydrogen (secondary N) is 1. The predicted molar refractivity (Wildman–Crippen MR) is 49.0 cm³/mol. The lowest BCUT2D eigenvalue weighted by atomic mass is 9.76. The fourth-order valence-corrected chi connectivity index (χ4v) is 1.88. The molecule has 0 radical (unpaired) electrons. The van der Waals surface area contributed by atoms with Crippen molar-refractivity contribution >= 4 is 5.71 Å². The normalized spacial score (nSPS) is 23.1. The van der Waals surface area contributed by atoms with Crippen molar-refractivity contribution in [1.29, 1.82) is 0 Å². The van der Waals surface area contributed by atoms with Crippen molar-refractivity contribution in [3.05, 3.63) is 17.5 Å². The average Bonchev–Trinajstić information content (AvgIpc) is 2.48. The first-order chi connectivity index (χ1) is 6.12. The lowest BCUT2D eigenvalue weighted by molar-refractivity contribution is 0.306. The molecule has 0 saturated heterocycles. The van der Waals surface area contributed by atoms with E-state index < -0.39 is 0 Å². The molecule has 0 aromatic carbocycles. The summed E-state index contributed by atoms with van der Waals surface area (Å²) in [6.07, 6.45) is 3.48. The molecule has 1 aromatic heterocycles. The molecule has 2 N–H and O–H groups in total. The summed E-state index contributed by atoms with van der Waals surface area (Å²) in [7, 11) is 0. The zero-order valence-electron chi connectivity index (χ0n) is 7.83. The van der Waals surface area contributed by atoms with Crippen LogP contribution in [0.25, 0.3) is 0 Å². The van der Waals surface area contributed by atoms with Crippen LogP contribution >= 0.6 is 0 Å². The van der Waals surface area contributed by atoms with Crippen LogP contribution in [0, 0.1) is 5.41 Å². The van der Waals surface area contributed by atoms with Gasteiger partial charge in [0.15, 0.2) is 0 Å². The second kappa shape index (κ2) is 2.58. The van der Waals surface area contributed by atoms with Crippen LogP contribution < -0.4 is 0 Å². The molecule has 4 nitrogen and oxygen atoms in total. The Hall–Kier alpha value is -1.32. The van der Waals surface area contributed by atoms with Gasteiger partial charge in [0, 0.05) is 11.3 Å². The highest BCUT2D eigenvalue weighted by molar-refractivity contribution is 6.02. The van der Waals surface area contributed by atoms with E-state index in [1.54, 1.807) is 6.20 Å². The Balaban J connectivity index is 2.48. The van der Waals surface area contributed by atoms with E-state index in [4.69, 9.17) is 5.21 Å². The molecule has 0 atom stereocenters. The molecule has 0 aliphatic heterocycles. The van der Waals surface area contributed by atoms with Gasteiger partial charge in [-0.25, -0.2) is 0 Å². The molecule has 0 unspecified atom stereocenters. The molecule has 0 spiro atoms. The van der Waals surface area contributed by atoms with Gasteiger partial charge in [-0.2, -0.15) is 5.10 Å². The molecule has 0 saturated carbocycles. The van der Waals surface area contributed by atoms with Gasteiger partial charge in [-0.3, -0.25) is 5.10 Å². The first kappa shape index (κ1) is 8.29. The Bertz CT molecular complexity index is 351. The topological polar surface area (TPSA) is 61.3 Å². The van der Waals surface area contributed by atoms with Gasteiger partial charge in [-0.1, -0.05) is 19.0 Å². The second-order valence-electron chi connectivity index (χ2n) is 4.33. The number of hydrogen-bond acceptors (Lipinski definition) is 3. The van der Waals surface area contributed by atoms with E-state index in [1.165, 1.54) is 0 Å². The first-order valence-electron chi connectivity index (χ1n) is 4.36. The first-order valence-corrected chi connectivity index (χ1v) is 4.36. The van der Waals surface area contributed by atoms with Crippen LogP contribution in [-0.2, 0) is 6.42 Å². The number of aromatic nitrogens is 2. The highest BCUT2D eigenvalue weighted by Gasteiger charge is 2.31. The van der Waals surface area contributed by atoms with Crippen molar-refractivity contribution in [3.63, 3.8) is 0 Å². The summed E-state index contributed by atoms with van der Waals surface area (Å²) in [6.45, 7) is 4.31. The quantitative estimate of drug-likeness (QED) is 0.469. The summed E-state index contributed by atoms with van der Waals surface area (Å²) in [5, 5.41) is 19.0. The Labute approximate surface area is 76.7 Å². The highest BCUT2D eigenvalue weighted by Crippen LogP contribution is 2.33. The minimum absolute atomic E-state index is 0.154. The average molecular weight is 179 g/mol. The van der Waals surface area contributed by atoms with Crippen LogP contribution in [-0.4, -0.2) is 21.1 Å². The summed E-state index contributed by atoms with van der Waals surface area (Å²) in [6, 6.07) is 0. The Morgan fingerprint density at radius 2 is 2.31 bits per heavy atom. The molecule has 70 valence electrons. The fourth-order valence-electron chi connectivity index (χ4n) is 1.88. The number of aromatic amines is 1. The Kier molecular flexibility index (Phi) is 1.65. The largest absolute Gasteiger partial charge is 0.411 e. The SMILES string of the molecule is CC1(C)C/C(=N\O)c2cn[nH]c2C1. The standard InChI is InChI=1S/C9H13N3O/c1-9(2)3-7-6(5-10-11-7)8(4-9)12-13/h5,13H,3-4H2,1-2H3,(H,10,11)/b12-8+. The maximum atomic E-state index is 8.83. The third-order valence-electron chi connectivity index (χ3n) is 2.45. The van der Waals surface area contributed by atoms with Gasteiger partial charge in [0.25, 0.3) is 0 Å². The van der Waals surface area contributed by atoms with E-state index in [0.29, 0.717) is 0 Å². The van der Waals surface area contributed by atoms with Gasteiger partial charge >= 0.3 is 0 Å². The molecule has 1 aromatic rings. The molecule has 4 heteroatoms. The molecule has 1 heterocycles. The third-order valence-corrected chi connectivity index (χ3v) is 2.45. The number of H-pyrrole nitrogens is 1. The maximum Gasteiger partial charge on any atom is 0.0907 e. The van der Waals surface area contributed by atoms with Crippen LogP contribution in [0.5, 0.6) is 0 Å². The smallest absolute Gasteiger partial charge is 0.0907 e. The van der Waals surface area contributed by atoms with Gasteiger partial charge in [-0.15, -0.1) is 0 Å². The van der Waals surface area contributed by atoms with E-state index in [0.717, 1.165) is 29.8 Å². The predicted octanol–water partition coefficient (Wildman–Crippen LogP) is 1.56. The maximum absolute atomic E-state index is 8.83. The molecule has 0 amide bonds. The van der Waals surface area contributed by atoms with E-state index >= 15 is 0 Å². The van der Waals surface area contributed by atoms with Crippen molar-refractivity contribution < 1.29 is 5.21 Å². The number of hydrogen-bond donors (Lipinski definition) is 2. The highest BCUT2D eigenvalue weighted by atomic mass is 16.4. The zero-order chi connectivity index (χ0) is 9.47. The third kappa shape index (κ3) is 1.32. The van der Waals surface area contributed by atoms with Gasteiger partial charge < -0.3 is 5.21 Å². The van der Waals surface area contributed by atoms with Crippen LogP contribution in [0.2, 0.25) is 0 Å².